The zero-order chi connectivity index (χ0) is 15.7. The molecule has 2 fully saturated rings. The number of likely N-dealkylation sites (tertiary alicyclic amines) is 1. The van der Waals surface area contributed by atoms with Crippen LogP contribution in [0.25, 0.3) is 0 Å². The van der Waals surface area contributed by atoms with Gasteiger partial charge in [0.05, 0.1) is 5.41 Å². The molecule has 1 aliphatic heterocycles. The Bertz CT molecular complexity index is 585. The summed E-state index contributed by atoms with van der Waals surface area (Å²) >= 11 is 0. The lowest BCUT2D eigenvalue weighted by Crippen LogP contribution is -2.36. The fourth-order valence-corrected chi connectivity index (χ4v) is 3.80. The molecule has 7 heteroatoms. The van der Waals surface area contributed by atoms with Crippen molar-refractivity contribution in [2.24, 2.45) is 11.3 Å². The van der Waals surface area contributed by atoms with Crippen LogP contribution in [0.3, 0.4) is 0 Å². The van der Waals surface area contributed by atoms with E-state index in [1.807, 2.05) is 0 Å². The number of aryl methyl sites for hydroxylation is 1. The average molecular weight is 307 g/mol. The summed E-state index contributed by atoms with van der Waals surface area (Å²) in [5, 5.41) is 15.9. The van der Waals surface area contributed by atoms with Gasteiger partial charge in [0, 0.05) is 32.1 Å². The van der Waals surface area contributed by atoms with E-state index < -0.39 is 11.4 Å². The molecular weight excluding hydrogens is 286 g/mol. The number of aromatic nitrogens is 1. The second-order valence-corrected chi connectivity index (χ2v) is 6.41. The van der Waals surface area contributed by atoms with E-state index in [0.29, 0.717) is 31.1 Å². The van der Waals surface area contributed by atoms with Crippen LogP contribution in [0.1, 0.15) is 31.4 Å². The van der Waals surface area contributed by atoms with Crippen LogP contribution in [0.4, 0.5) is 5.82 Å². The predicted molar refractivity (Wildman–Crippen MR) is 78.3 cm³/mol. The van der Waals surface area contributed by atoms with Crippen LogP contribution in [-0.2, 0) is 9.59 Å². The molecule has 3 rings (SSSR count). The standard InChI is InChI=1S/C15H21N3O4/c1-10-7-12(17-22-10)16-13(19)4-6-18-8-11-3-2-5-15(11,9-18)14(20)21/h7,11H,2-6,8-9H2,1H3,(H,20,21)(H,16,17,19)/t11-,15+/m0/s1. The lowest BCUT2D eigenvalue weighted by Gasteiger charge is -2.23. The van der Waals surface area contributed by atoms with E-state index >= 15 is 0 Å². The van der Waals surface area contributed by atoms with Crippen molar-refractivity contribution in [3.63, 3.8) is 0 Å². The average Bonchev–Trinajstić information content (AvgIpc) is 3.10. The van der Waals surface area contributed by atoms with E-state index in [9.17, 15) is 14.7 Å². The van der Waals surface area contributed by atoms with E-state index in [1.54, 1.807) is 13.0 Å². The Morgan fingerprint density at radius 3 is 3.05 bits per heavy atom. The van der Waals surface area contributed by atoms with Crippen LogP contribution in [0.5, 0.6) is 0 Å². The number of nitrogens with one attached hydrogen (secondary N) is 1. The smallest absolute Gasteiger partial charge is 0.311 e. The molecule has 0 spiro atoms. The molecule has 0 radical (unpaired) electrons. The molecule has 2 N–H and O–H groups in total. The number of aliphatic carboxylic acids is 1. The Morgan fingerprint density at radius 1 is 1.59 bits per heavy atom. The van der Waals surface area contributed by atoms with Gasteiger partial charge in [-0.05, 0) is 25.7 Å². The molecule has 2 aliphatic rings. The molecule has 0 aromatic carbocycles. The highest BCUT2D eigenvalue weighted by Gasteiger charge is 2.54. The molecule has 1 aliphatic carbocycles. The minimum Gasteiger partial charge on any atom is -0.481 e. The molecule has 120 valence electrons. The Morgan fingerprint density at radius 2 is 2.41 bits per heavy atom. The fraction of sp³-hybridized carbons (Fsp3) is 0.667. The van der Waals surface area contributed by atoms with Gasteiger partial charge in [-0.2, -0.15) is 0 Å². The van der Waals surface area contributed by atoms with Crippen molar-refractivity contribution in [3.8, 4) is 0 Å². The van der Waals surface area contributed by atoms with E-state index in [-0.39, 0.29) is 11.8 Å². The van der Waals surface area contributed by atoms with Crippen LogP contribution in [0.15, 0.2) is 10.6 Å². The summed E-state index contributed by atoms with van der Waals surface area (Å²) in [6.07, 6.45) is 3.06. The Balaban J connectivity index is 1.50. The van der Waals surface area contributed by atoms with Crippen LogP contribution in [0.2, 0.25) is 0 Å². The van der Waals surface area contributed by atoms with Gasteiger partial charge in [0.15, 0.2) is 5.82 Å². The van der Waals surface area contributed by atoms with Gasteiger partial charge in [0.25, 0.3) is 0 Å². The van der Waals surface area contributed by atoms with Crippen LogP contribution >= 0.6 is 0 Å². The third kappa shape index (κ3) is 2.72. The highest BCUT2D eigenvalue weighted by molar-refractivity contribution is 5.89. The van der Waals surface area contributed by atoms with E-state index in [4.69, 9.17) is 4.52 Å². The third-order valence-corrected chi connectivity index (χ3v) is 4.92. The first-order valence-corrected chi connectivity index (χ1v) is 7.68. The highest BCUT2D eigenvalue weighted by atomic mass is 16.5. The van der Waals surface area contributed by atoms with Crippen molar-refractivity contribution >= 4 is 17.7 Å². The molecule has 2 atom stereocenters. The number of amides is 1. The van der Waals surface area contributed by atoms with Gasteiger partial charge in [-0.1, -0.05) is 11.6 Å². The molecule has 1 saturated carbocycles. The summed E-state index contributed by atoms with van der Waals surface area (Å²) in [6.45, 7) is 3.68. The number of carboxylic acids is 1. The Labute approximate surface area is 128 Å². The molecule has 0 bridgehead atoms. The number of carboxylic acid groups (broad SMARTS) is 1. The zero-order valence-corrected chi connectivity index (χ0v) is 12.7. The molecule has 2 heterocycles. The lowest BCUT2D eigenvalue weighted by molar-refractivity contribution is -0.149. The first-order valence-electron chi connectivity index (χ1n) is 7.68. The topological polar surface area (TPSA) is 95.7 Å². The predicted octanol–water partition coefficient (Wildman–Crippen LogP) is 1.50. The highest BCUT2D eigenvalue weighted by Crippen LogP contribution is 2.48. The van der Waals surface area contributed by atoms with Crippen molar-refractivity contribution in [2.45, 2.75) is 32.6 Å². The second-order valence-electron chi connectivity index (χ2n) is 6.41. The monoisotopic (exact) mass is 307 g/mol. The zero-order valence-electron chi connectivity index (χ0n) is 12.7. The maximum absolute atomic E-state index is 11.9. The molecular formula is C15H21N3O4. The van der Waals surface area contributed by atoms with Crippen LogP contribution in [0, 0.1) is 18.3 Å². The van der Waals surface area contributed by atoms with E-state index in [0.717, 1.165) is 25.8 Å². The maximum atomic E-state index is 11.9. The van der Waals surface area contributed by atoms with Crippen LogP contribution in [-0.4, -0.2) is 46.7 Å². The molecule has 1 aromatic heterocycles. The summed E-state index contributed by atoms with van der Waals surface area (Å²) in [7, 11) is 0. The molecule has 1 amide bonds. The molecule has 7 nitrogen and oxygen atoms in total. The number of carbonyl (C=O) groups is 2. The van der Waals surface area contributed by atoms with E-state index in [2.05, 4.69) is 15.4 Å². The molecule has 22 heavy (non-hydrogen) atoms. The van der Waals surface area contributed by atoms with Gasteiger partial charge in [0.1, 0.15) is 5.76 Å². The fourth-order valence-electron chi connectivity index (χ4n) is 3.80. The Kier molecular flexibility index (Phi) is 3.90. The van der Waals surface area contributed by atoms with Gasteiger partial charge in [-0.15, -0.1) is 0 Å². The quantitative estimate of drug-likeness (QED) is 0.856. The Hall–Kier alpha value is -1.89. The van der Waals surface area contributed by atoms with Gasteiger partial charge >= 0.3 is 5.97 Å². The largest absolute Gasteiger partial charge is 0.481 e. The summed E-state index contributed by atoms with van der Waals surface area (Å²) in [6, 6.07) is 1.66. The molecule has 0 unspecified atom stereocenters. The van der Waals surface area contributed by atoms with Crippen LogP contribution < -0.4 is 5.32 Å². The van der Waals surface area contributed by atoms with Gasteiger partial charge in [-0.25, -0.2) is 0 Å². The first-order chi connectivity index (χ1) is 10.5. The minimum atomic E-state index is -0.681. The third-order valence-electron chi connectivity index (χ3n) is 4.92. The number of carbonyl (C=O) groups excluding carboxylic acids is 1. The minimum absolute atomic E-state index is 0.130. The second kappa shape index (κ2) is 5.72. The van der Waals surface area contributed by atoms with Gasteiger partial charge < -0.3 is 19.8 Å². The van der Waals surface area contributed by atoms with E-state index in [1.165, 1.54) is 0 Å². The number of hydrogen-bond acceptors (Lipinski definition) is 5. The normalized spacial score (nSPS) is 27.8. The van der Waals surface area contributed by atoms with Gasteiger partial charge in [-0.3, -0.25) is 9.59 Å². The lowest BCUT2D eigenvalue weighted by atomic mass is 9.81. The van der Waals surface area contributed by atoms with Crippen molar-refractivity contribution in [1.29, 1.82) is 0 Å². The van der Waals surface area contributed by atoms with Crippen molar-refractivity contribution in [2.75, 3.05) is 25.0 Å². The number of rotatable bonds is 5. The number of anilines is 1. The number of nitrogens with zero attached hydrogens (tertiary/aromatic N) is 2. The van der Waals surface area contributed by atoms with Crippen molar-refractivity contribution in [3.05, 3.63) is 11.8 Å². The van der Waals surface area contributed by atoms with Crippen molar-refractivity contribution in [1.82, 2.24) is 10.1 Å². The number of fused-ring (bicyclic) bond motifs is 1. The van der Waals surface area contributed by atoms with Crippen molar-refractivity contribution < 1.29 is 19.2 Å². The first kappa shape index (κ1) is 15.0. The molecule has 1 aromatic rings. The maximum Gasteiger partial charge on any atom is 0.311 e. The SMILES string of the molecule is Cc1cc(NC(=O)CCN2C[C@@H]3CCC[C@@]3(C(=O)O)C2)no1. The summed E-state index contributed by atoms with van der Waals surface area (Å²) in [5.74, 6) is 0.481. The summed E-state index contributed by atoms with van der Waals surface area (Å²) in [5.41, 5.74) is -0.584. The summed E-state index contributed by atoms with van der Waals surface area (Å²) < 4.78 is 4.89. The molecule has 1 saturated heterocycles. The van der Waals surface area contributed by atoms with Gasteiger partial charge in [0.2, 0.25) is 5.91 Å². The summed E-state index contributed by atoms with van der Waals surface area (Å²) in [4.78, 5) is 25.6. The number of hydrogen-bond donors (Lipinski definition) is 2.